The number of rotatable bonds is 5. The number of hydrogen-bond donors (Lipinski definition) is 1. The molecule has 0 bridgehead atoms. The maximum atomic E-state index is 12.5. The fourth-order valence-electron chi connectivity index (χ4n) is 2.85. The maximum absolute atomic E-state index is 12.5. The highest BCUT2D eigenvalue weighted by molar-refractivity contribution is 6.30. The van der Waals surface area contributed by atoms with E-state index in [2.05, 4.69) is 28.9 Å². The van der Waals surface area contributed by atoms with Crippen molar-refractivity contribution >= 4 is 23.2 Å². The zero-order valence-electron chi connectivity index (χ0n) is 13.4. The Morgan fingerprint density at radius 3 is 2.54 bits per heavy atom. The third-order valence-corrected chi connectivity index (χ3v) is 4.26. The Bertz CT molecular complexity index is 827. The van der Waals surface area contributed by atoms with Crippen molar-refractivity contribution in [1.82, 2.24) is 4.57 Å². The summed E-state index contributed by atoms with van der Waals surface area (Å²) in [6, 6.07) is 19.3. The molecule has 1 amide bonds. The van der Waals surface area contributed by atoms with E-state index in [9.17, 15) is 4.79 Å². The molecule has 3 aromatic rings. The summed E-state index contributed by atoms with van der Waals surface area (Å²) in [4.78, 5) is 12.5. The SMILES string of the molecule is Cc1ccccc1[C@H](CC(=O)Nc1cccc(Cl)c1)n1cccc1. The van der Waals surface area contributed by atoms with Crippen LogP contribution in [0.4, 0.5) is 5.69 Å². The zero-order chi connectivity index (χ0) is 16.9. The lowest BCUT2D eigenvalue weighted by Crippen LogP contribution is -2.20. The van der Waals surface area contributed by atoms with Crippen molar-refractivity contribution in [2.24, 2.45) is 0 Å². The van der Waals surface area contributed by atoms with Gasteiger partial charge < -0.3 is 9.88 Å². The highest BCUT2D eigenvalue weighted by atomic mass is 35.5. The van der Waals surface area contributed by atoms with E-state index < -0.39 is 0 Å². The second kappa shape index (κ2) is 7.37. The van der Waals surface area contributed by atoms with E-state index in [4.69, 9.17) is 11.6 Å². The van der Waals surface area contributed by atoms with Gasteiger partial charge in [-0.3, -0.25) is 4.79 Å². The smallest absolute Gasteiger partial charge is 0.226 e. The first-order chi connectivity index (χ1) is 11.6. The van der Waals surface area contributed by atoms with Crippen LogP contribution in [-0.4, -0.2) is 10.5 Å². The molecule has 0 radical (unpaired) electrons. The first kappa shape index (κ1) is 16.3. The number of carbonyl (C=O) groups excluding carboxylic acids is 1. The van der Waals surface area contributed by atoms with Crippen molar-refractivity contribution in [1.29, 1.82) is 0 Å². The van der Waals surface area contributed by atoms with E-state index in [0.717, 1.165) is 5.56 Å². The average molecular weight is 339 g/mol. The van der Waals surface area contributed by atoms with Gasteiger partial charge in [0.15, 0.2) is 0 Å². The van der Waals surface area contributed by atoms with Gasteiger partial charge in [0.25, 0.3) is 0 Å². The van der Waals surface area contributed by atoms with E-state index in [0.29, 0.717) is 17.1 Å². The van der Waals surface area contributed by atoms with Crippen LogP contribution in [0.3, 0.4) is 0 Å². The van der Waals surface area contributed by atoms with Crippen molar-refractivity contribution in [3.63, 3.8) is 0 Å². The summed E-state index contributed by atoms with van der Waals surface area (Å²) in [7, 11) is 0. The molecule has 3 nitrogen and oxygen atoms in total. The summed E-state index contributed by atoms with van der Waals surface area (Å²) in [5.41, 5.74) is 3.03. The van der Waals surface area contributed by atoms with Gasteiger partial charge in [-0.1, -0.05) is 41.9 Å². The van der Waals surface area contributed by atoms with Crippen LogP contribution >= 0.6 is 11.6 Å². The number of nitrogens with one attached hydrogen (secondary N) is 1. The van der Waals surface area contributed by atoms with Gasteiger partial charge in [-0.25, -0.2) is 0 Å². The normalized spacial score (nSPS) is 11.9. The third-order valence-electron chi connectivity index (χ3n) is 4.02. The van der Waals surface area contributed by atoms with Gasteiger partial charge in [-0.05, 0) is 48.4 Å². The summed E-state index contributed by atoms with van der Waals surface area (Å²) >= 11 is 5.98. The van der Waals surface area contributed by atoms with Gasteiger partial charge in [-0.2, -0.15) is 0 Å². The summed E-state index contributed by atoms with van der Waals surface area (Å²) in [6.07, 6.45) is 4.33. The van der Waals surface area contributed by atoms with Crippen LogP contribution in [0.5, 0.6) is 0 Å². The monoisotopic (exact) mass is 338 g/mol. The van der Waals surface area contributed by atoms with Crippen LogP contribution in [0.1, 0.15) is 23.6 Å². The second-order valence-corrected chi connectivity index (χ2v) is 6.20. The van der Waals surface area contributed by atoms with Crippen LogP contribution < -0.4 is 5.32 Å². The highest BCUT2D eigenvalue weighted by Gasteiger charge is 2.19. The van der Waals surface area contributed by atoms with Crippen LogP contribution in [0.25, 0.3) is 0 Å². The van der Waals surface area contributed by atoms with Gasteiger partial charge in [0, 0.05) is 23.1 Å². The summed E-state index contributed by atoms with van der Waals surface area (Å²) in [5, 5.41) is 3.53. The van der Waals surface area contributed by atoms with Gasteiger partial charge in [0.2, 0.25) is 5.91 Å². The Balaban J connectivity index is 1.82. The molecule has 0 saturated carbocycles. The van der Waals surface area contributed by atoms with E-state index in [1.807, 2.05) is 48.8 Å². The zero-order valence-corrected chi connectivity index (χ0v) is 14.2. The highest BCUT2D eigenvalue weighted by Crippen LogP contribution is 2.26. The molecule has 0 aliphatic heterocycles. The number of halogens is 1. The van der Waals surface area contributed by atoms with E-state index in [1.165, 1.54) is 5.56 Å². The van der Waals surface area contributed by atoms with Crippen LogP contribution in [0.2, 0.25) is 5.02 Å². The molecule has 1 aromatic heterocycles. The first-order valence-electron chi connectivity index (χ1n) is 7.87. The van der Waals surface area contributed by atoms with Gasteiger partial charge >= 0.3 is 0 Å². The Labute approximate surface area is 146 Å². The van der Waals surface area contributed by atoms with Gasteiger partial charge in [-0.15, -0.1) is 0 Å². The Morgan fingerprint density at radius 1 is 1.08 bits per heavy atom. The summed E-state index contributed by atoms with van der Waals surface area (Å²) < 4.78 is 2.07. The number of aromatic nitrogens is 1. The molecule has 0 saturated heterocycles. The molecular weight excluding hydrogens is 320 g/mol. The molecule has 3 rings (SSSR count). The first-order valence-corrected chi connectivity index (χ1v) is 8.24. The molecule has 1 N–H and O–H groups in total. The maximum Gasteiger partial charge on any atom is 0.226 e. The minimum Gasteiger partial charge on any atom is -0.346 e. The molecule has 0 aliphatic carbocycles. The van der Waals surface area contributed by atoms with Crippen LogP contribution in [-0.2, 0) is 4.79 Å². The molecule has 0 fully saturated rings. The Morgan fingerprint density at radius 2 is 1.83 bits per heavy atom. The quantitative estimate of drug-likeness (QED) is 0.692. The number of hydrogen-bond acceptors (Lipinski definition) is 1. The van der Waals surface area contributed by atoms with Crippen molar-refractivity contribution in [3.8, 4) is 0 Å². The standard InChI is InChI=1S/C20H19ClN2O/c1-15-7-2-3-10-18(15)19(23-11-4-5-12-23)14-20(24)22-17-9-6-8-16(21)13-17/h2-13,19H,14H2,1H3,(H,22,24)/t19-/m0/s1. The fraction of sp³-hybridized carbons (Fsp3) is 0.150. The Hall–Kier alpha value is -2.52. The van der Waals surface area contributed by atoms with Crippen molar-refractivity contribution in [2.75, 3.05) is 5.32 Å². The van der Waals surface area contributed by atoms with E-state index >= 15 is 0 Å². The number of carbonyl (C=O) groups is 1. The number of aryl methyl sites for hydroxylation is 1. The molecule has 1 heterocycles. The Kier molecular flexibility index (Phi) is 5.02. The topological polar surface area (TPSA) is 34.0 Å². The molecule has 1 atom stereocenters. The second-order valence-electron chi connectivity index (χ2n) is 5.77. The van der Waals surface area contributed by atoms with Crippen molar-refractivity contribution in [2.45, 2.75) is 19.4 Å². The van der Waals surface area contributed by atoms with Crippen LogP contribution in [0, 0.1) is 6.92 Å². The number of benzene rings is 2. The van der Waals surface area contributed by atoms with Crippen LogP contribution in [0.15, 0.2) is 73.1 Å². The van der Waals surface area contributed by atoms with Crippen molar-refractivity contribution in [3.05, 3.63) is 89.2 Å². The minimum atomic E-state index is -0.0424. The lowest BCUT2D eigenvalue weighted by atomic mass is 9.98. The molecular formula is C20H19ClN2O. The lowest BCUT2D eigenvalue weighted by Gasteiger charge is -2.21. The predicted octanol–water partition coefficient (Wildman–Crippen LogP) is 5.07. The minimum absolute atomic E-state index is 0.0413. The number of nitrogens with zero attached hydrogens (tertiary/aromatic N) is 1. The molecule has 0 unspecified atom stereocenters. The van der Waals surface area contributed by atoms with E-state index in [-0.39, 0.29) is 11.9 Å². The third kappa shape index (κ3) is 3.87. The predicted molar refractivity (Wildman–Crippen MR) is 98.4 cm³/mol. The lowest BCUT2D eigenvalue weighted by molar-refractivity contribution is -0.116. The molecule has 24 heavy (non-hydrogen) atoms. The largest absolute Gasteiger partial charge is 0.346 e. The molecule has 122 valence electrons. The molecule has 2 aromatic carbocycles. The van der Waals surface area contributed by atoms with Gasteiger partial charge in [0.05, 0.1) is 12.5 Å². The molecule has 0 aliphatic rings. The fourth-order valence-corrected chi connectivity index (χ4v) is 3.04. The number of amides is 1. The average Bonchev–Trinajstić information content (AvgIpc) is 3.07. The molecule has 4 heteroatoms. The van der Waals surface area contributed by atoms with Gasteiger partial charge in [0.1, 0.15) is 0 Å². The number of anilines is 1. The summed E-state index contributed by atoms with van der Waals surface area (Å²) in [6.45, 7) is 2.07. The van der Waals surface area contributed by atoms with E-state index in [1.54, 1.807) is 12.1 Å². The molecule has 0 spiro atoms. The van der Waals surface area contributed by atoms with Crippen molar-refractivity contribution < 1.29 is 4.79 Å². The summed E-state index contributed by atoms with van der Waals surface area (Å²) in [5.74, 6) is -0.0424.